The second kappa shape index (κ2) is 17.9. The van der Waals surface area contributed by atoms with Crippen LogP contribution in [-0.2, 0) is 36.4 Å². The van der Waals surface area contributed by atoms with Crippen molar-refractivity contribution in [3.05, 3.63) is 198 Å². The first-order chi connectivity index (χ1) is 35.8. The molecular formula is C68H58BFIrN4S-2. The molecule has 377 valence electrons. The minimum Gasteiger partial charge on any atom is -0.333 e. The molecule has 0 atom stereocenters. The second-order valence-corrected chi connectivity index (χ2v) is 25.1. The van der Waals surface area contributed by atoms with E-state index in [1.54, 1.807) is 6.07 Å². The number of para-hydroxylation sites is 2. The normalized spacial score (nSPS) is 13.1. The fraction of sp³-hybridized carbons (Fsp3) is 0.206. The summed E-state index contributed by atoms with van der Waals surface area (Å²) in [6.45, 7) is 25.2. The zero-order valence-corrected chi connectivity index (χ0v) is 48.1. The summed E-state index contributed by atoms with van der Waals surface area (Å²) in [4.78, 5) is 12.3. The van der Waals surface area contributed by atoms with Gasteiger partial charge < -0.3 is 14.0 Å². The number of aromatic nitrogens is 4. The van der Waals surface area contributed by atoms with E-state index in [1.165, 1.54) is 110 Å². The van der Waals surface area contributed by atoms with E-state index >= 15 is 0 Å². The molecule has 0 spiro atoms. The Balaban J connectivity index is 0.000000315. The van der Waals surface area contributed by atoms with E-state index in [2.05, 4.69) is 204 Å². The third kappa shape index (κ3) is 7.97. The van der Waals surface area contributed by atoms with Gasteiger partial charge in [-0.1, -0.05) is 151 Å². The summed E-state index contributed by atoms with van der Waals surface area (Å²) >= 11 is 1.94. The second-order valence-electron chi connectivity index (χ2n) is 24.0. The van der Waals surface area contributed by atoms with Gasteiger partial charge in [-0.15, -0.1) is 59.5 Å². The number of imidazole rings is 1. The van der Waals surface area contributed by atoms with Crippen LogP contribution in [0.4, 0.5) is 4.39 Å². The molecule has 0 amide bonds. The zero-order chi connectivity index (χ0) is 52.0. The number of nitrogens with zero attached hydrogens (tertiary/aromatic N) is 4. The van der Waals surface area contributed by atoms with Crippen LogP contribution in [-0.4, -0.2) is 25.6 Å². The van der Waals surface area contributed by atoms with Crippen molar-refractivity contribution in [3.8, 4) is 28.1 Å². The molecule has 1 radical (unpaired) electrons. The van der Waals surface area contributed by atoms with E-state index in [-0.39, 0.29) is 48.9 Å². The maximum Gasteiger partial charge on any atom is 0.249 e. The van der Waals surface area contributed by atoms with Crippen molar-refractivity contribution in [2.24, 2.45) is 0 Å². The fourth-order valence-electron chi connectivity index (χ4n) is 11.6. The Bertz CT molecular complexity index is 4380. The summed E-state index contributed by atoms with van der Waals surface area (Å²) in [5.41, 5.74) is 22.9. The average molecular weight is 1190 g/mol. The van der Waals surface area contributed by atoms with Gasteiger partial charge in [-0.25, -0.2) is 0 Å². The zero-order valence-electron chi connectivity index (χ0n) is 44.9. The van der Waals surface area contributed by atoms with E-state index in [4.69, 9.17) is 4.98 Å². The molecular weight excluding hydrogens is 1130 g/mol. The van der Waals surface area contributed by atoms with Gasteiger partial charge in [0, 0.05) is 75.0 Å². The Morgan fingerprint density at radius 2 is 1.32 bits per heavy atom. The standard InChI is InChI=1S/C55H47BN3S.C13H11FN.Ir/c1-53(2,3)32-21-23-45-39(27-32)40-28-34(55(7,8)9)30-42-50(40)58(45)46-25-31(26-48-49(46)56(42)41-29-33(54(4,5)6)22-24-47(41)60-48)35-18-14-19-43-51(35)59-44-20-13-12-16-37(44)36-15-10-11-17-38(36)52(59)57-43;1-9-7-13(15-8-10(9)2)11-3-5-12(14)6-4-11;/h10-16,18-30H,1-9H3;3,5-8H,1-2H3;/q2*-1;. The van der Waals surface area contributed by atoms with Gasteiger partial charge in [0.15, 0.2) is 0 Å². The molecule has 4 nitrogen and oxygen atoms in total. The van der Waals surface area contributed by atoms with Gasteiger partial charge in [-0.2, -0.15) is 0 Å². The molecule has 0 bridgehead atoms. The maximum absolute atomic E-state index is 12.7. The van der Waals surface area contributed by atoms with Gasteiger partial charge in [0.05, 0.1) is 22.2 Å². The predicted octanol–water partition coefficient (Wildman–Crippen LogP) is 15.8. The van der Waals surface area contributed by atoms with Crippen molar-refractivity contribution >= 4 is 95.0 Å². The number of hydrogen-bond acceptors (Lipinski definition) is 3. The van der Waals surface area contributed by atoms with Crippen LogP contribution in [0.1, 0.15) is 90.1 Å². The third-order valence-corrected chi connectivity index (χ3v) is 17.1. The number of hydrogen-bond donors (Lipinski definition) is 0. The SMILES string of the molecule is CC(C)(C)c1ccc2c(c1)B1c3c(cc(-c4cccc5nc6c7[c-]cccc7c7ccccc7n6c45)cc3-n3c4ccc(C(C)(C)C)cc4c4cc(C(C)(C)C)cc1c43)S2.Cc1cnc(-c2[c-]cc(F)cc2)cc1C.[Ir]. The Labute approximate surface area is 463 Å². The molecule has 2 aliphatic heterocycles. The monoisotopic (exact) mass is 1190 g/mol. The molecule has 0 unspecified atom stereocenters. The molecule has 8 heteroatoms. The number of pyridine rings is 2. The van der Waals surface area contributed by atoms with Gasteiger partial charge in [0.25, 0.3) is 0 Å². The summed E-state index contributed by atoms with van der Waals surface area (Å²) in [6, 6.07) is 59.2. The molecule has 8 aromatic carbocycles. The predicted molar refractivity (Wildman–Crippen MR) is 316 cm³/mol. The smallest absolute Gasteiger partial charge is 0.249 e. The Hall–Kier alpha value is -6.83. The summed E-state index contributed by atoms with van der Waals surface area (Å²) in [7, 11) is 0. The van der Waals surface area contributed by atoms with Crippen LogP contribution in [0, 0.1) is 31.8 Å². The van der Waals surface area contributed by atoms with Crippen LogP contribution < -0.4 is 16.4 Å². The van der Waals surface area contributed by atoms with Gasteiger partial charge >= 0.3 is 0 Å². The van der Waals surface area contributed by atoms with Crippen molar-refractivity contribution in [2.75, 3.05) is 0 Å². The summed E-state index contributed by atoms with van der Waals surface area (Å²) in [6.07, 6.45) is 1.82. The fourth-order valence-corrected chi connectivity index (χ4v) is 12.8. The van der Waals surface area contributed by atoms with Crippen molar-refractivity contribution in [3.63, 3.8) is 0 Å². The summed E-state index contributed by atoms with van der Waals surface area (Å²) in [5, 5.41) is 6.11. The summed E-state index contributed by atoms with van der Waals surface area (Å²) in [5.74, 6) is -0.275. The summed E-state index contributed by atoms with van der Waals surface area (Å²) < 4.78 is 17.7. The minimum absolute atomic E-state index is 0. The largest absolute Gasteiger partial charge is 0.333 e. The van der Waals surface area contributed by atoms with Crippen molar-refractivity contribution in [1.29, 1.82) is 0 Å². The van der Waals surface area contributed by atoms with E-state index in [0.717, 1.165) is 44.4 Å². The Kier molecular flexibility index (Phi) is 11.8. The van der Waals surface area contributed by atoms with Crippen LogP contribution in [0.2, 0.25) is 0 Å². The molecule has 0 saturated heterocycles. The number of rotatable bonds is 2. The van der Waals surface area contributed by atoms with Crippen LogP contribution in [0.15, 0.2) is 162 Å². The van der Waals surface area contributed by atoms with E-state index in [1.807, 2.05) is 43.9 Å². The molecule has 0 N–H and O–H groups in total. The quantitative estimate of drug-likeness (QED) is 0.0983. The van der Waals surface area contributed by atoms with Gasteiger partial charge in [-0.05, 0) is 128 Å². The molecule has 0 fully saturated rings. The third-order valence-electron chi connectivity index (χ3n) is 15.9. The average Bonchev–Trinajstić information content (AvgIpc) is 4.15. The van der Waals surface area contributed by atoms with E-state index < -0.39 is 0 Å². The number of fused-ring (bicyclic) bond motifs is 15. The first-order valence-corrected chi connectivity index (χ1v) is 27.0. The van der Waals surface area contributed by atoms with Crippen LogP contribution in [0.25, 0.3) is 88.2 Å². The Morgan fingerprint density at radius 3 is 2.07 bits per heavy atom. The molecule has 6 heterocycles. The van der Waals surface area contributed by atoms with E-state index in [0.29, 0.717) is 0 Å². The number of halogens is 1. The number of aryl methyl sites for hydroxylation is 2. The van der Waals surface area contributed by atoms with Crippen LogP contribution in [0.3, 0.4) is 0 Å². The first kappa shape index (κ1) is 50.0. The Morgan fingerprint density at radius 1 is 0.592 bits per heavy atom. The van der Waals surface area contributed by atoms with Crippen LogP contribution >= 0.6 is 11.8 Å². The number of benzene rings is 8. The molecule has 0 saturated carbocycles. The van der Waals surface area contributed by atoms with Crippen molar-refractivity contribution in [1.82, 2.24) is 18.9 Å². The topological polar surface area (TPSA) is 35.1 Å². The van der Waals surface area contributed by atoms with Crippen LogP contribution in [0.5, 0.6) is 0 Å². The van der Waals surface area contributed by atoms with Gasteiger partial charge in [0.2, 0.25) is 6.71 Å². The molecule has 76 heavy (non-hydrogen) atoms. The first-order valence-electron chi connectivity index (χ1n) is 26.2. The molecule has 14 rings (SSSR count). The van der Waals surface area contributed by atoms with Crippen molar-refractivity contribution < 1.29 is 24.5 Å². The molecule has 2 aliphatic rings. The molecule has 4 aromatic heterocycles. The molecule has 0 aliphatic carbocycles. The van der Waals surface area contributed by atoms with Crippen molar-refractivity contribution in [2.45, 2.75) is 102 Å². The van der Waals surface area contributed by atoms with Gasteiger partial charge in [0.1, 0.15) is 0 Å². The minimum atomic E-state index is -0.275. The van der Waals surface area contributed by atoms with E-state index in [9.17, 15) is 4.39 Å². The van der Waals surface area contributed by atoms with Gasteiger partial charge in [-0.3, -0.25) is 9.37 Å². The maximum atomic E-state index is 12.7. The molecule has 12 aromatic rings.